The summed E-state index contributed by atoms with van der Waals surface area (Å²) in [5.74, 6) is 1.63. The van der Waals surface area contributed by atoms with Gasteiger partial charge in [-0.1, -0.05) is 26.0 Å². The number of hydrogen-bond donors (Lipinski definition) is 2. The molecule has 1 aromatic rings. The first-order valence-corrected chi connectivity index (χ1v) is 5.61. The summed E-state index contributed by atoms with van der Waals surface area (Å²) in [6, 6.07) is 7.31. The van der Waals surface area contributed by atoms with Crippen LogP contribution in [0.25, 0.3) is 0 Å². The summed E-state index contributed by atoms with van der Waals surface area (Å²) in [6.07, 6.45) is 2.27. The van der Waals surface area contributed by atoms with Gasteiger partial charge in [-0.25, -0.2) is 0 Å². The van der Waals surface area contributed by atoms with Gasteiger partial charge in [-0.2, -0.15) is 0 Å². The Morgan fingerprint density at radius 1 is 1.40 bits per heavy atom. The Labute approximate surface area is 91.1 Å². The SMILES string of the molecule is CC(C)CC1CC1(N)c1ccc(O)cc1. The van der Waals surface area contributed by atoms with Crippen LogP contribution < -0.4 is 5.73 Å². The van der Waals surface area contributed by atoms with Gasteiger partial charge in [-0.3, -0.25) is 0 Å². The quantitative estimate of drug-likeness (QED) is 0.796. The lowest BCUT2D eigenvalue weighted by atomic mass is 9.98. The van der Waals surface area contributed by atoms with E-state index in [4.69, 9.17) is 5.73 Å². The van der Waals surface area contributed by atoms with E-state index in [1.165, 1.54) is 6.42 Å². The third kappa shape index (κ3) is 2.00. The van der Waals surface area contributed by atoms with E-state index in [0.717, 1.165) is 12.0 Å². The van der Waals surface area contributed by atoms with Crippen molar-refractivity contribution in [2.45, 2.75) is 32.2 Å². The maximum absolute atomic E-state index is 9.21. The van der Waals surface area contributed by atoms with Crippen LogP contribution in [0, 0.1) is 11.8 Å². The molecular formula is C13H19NO. The zero-order valence-corrected chi connectivity index (χ0v) is 9.40. The predicted octanol–water partition coefficient (Wildman–Crippen LogP) is 2.61. The van der Waals surface area contributed by atoms with Gasteiger partial charge in [0.2, 0.25) is 0 Å². The first kappa shape index (κ1) is 10.5. The number of phenols is 1. The number of hydrogen-bond acceptors (Lipinski definition) is 2. The van der Waals surface area contributed by atoms with Gasteiger partial charge in [-0.05, 0) is 42.4 Å². The number of aromatic hydroxyl groups is 1. The summed E-state index contributed by atoms with van der Waals surface area (Å²) in [5, 5.41) is 9.21. The van der Waals surface area contributed by atoms with Crippen molar-refractivity contribution >= 4 is 0 Å². The fourth-order valence-electron chi connectivity index (χ4n) is 2.34. The van der Waals surface area contributed by atoms with E-state index in [1.54, 1.807) is 12.1 Å². The number of phenolic OH excluding ortho intramolecular Hbond substituents is 1. The van der Waals surface area contributed by atoms with Crippen LogP contribution in [-0.2, 0) is 5.54 Å². The maximum Gasteiger partial charge on any atom is 0.115 e. The highest BCUT2D eigenvalue weighted by molar-refractivity contribution is 5.35. The molecule has 2 rings (SSSR count). The lowest BCUT2D eigenvalue weighted by Crippen LogP contribution is -2.22. The Morgan fingerprint density at radius 2 is 2.00 bits per heavy atom. The molecule has 1 fully saturated rings. The molecule has 2 unspecified atom stereocenters. The van der Waals surface area contributed by atoms with Crippen LogP contribution in [0.4, 0.5) is 0 Å². The molecule has 82 valence electrons. The van der Waals surface area contributed by atoms with Crippen molar-refractivity contribution in [3.63, 3.8) is 0 Å². The normalized spacial score (nSPS) is 29.5. The van der Waals surface area contributed by atoms with Gasteiger partial charge in [0.1, 0.15) is 5.75 Å². The van der Waals surface area contributed by atoms with Crippen molar-refractivity contribution < 1.29 is 5.11 Å². The molecule has 0 saturated heterocycles. The van der Waals surface area contributed by atoms with E-state index >= 15 is 0 Å². The minimum atomic E-state index is -0.127. The third-order valence-electron chi connectivity index (χ3n) is 3.31. The zero-order chi connectivity index (χ0) is 11.1. The Bertz CT molecular complexity index is 344. The summed E-state index contributed by atoms with van der Waals surface area (Å²) in [4.78, 5) is 0. The molecule has 1 aromatic carbocycles. The molecule has 0 amide bonds. The smallest absolute Gasteiger partial charge is 0.115 e. The van der Waals surface area contributed by atoms with Crippen LogP contribution in [0.2, 0.25) is 0 Å². The summed E-state index contributed by atoms with van der Waals surface area (Å²) in [5.41, 5.74) is 7.36. The van der Waals surface area contributed by atoms with Crippen molar-refractivity contribution in [3.8, 4) is 5.75 Å². The van der Waals surface area contributed by atoms with Gasteiger partial charge >= 0.3 is 0 Å². The highest BCUT2D eigenvalue weighted by Crippen LogP contribution is 2.52. The molecule has 2 atom stereocenters. The Kier molecular flexibility index (Phi) is 2.47. The molecule has 1 aliphatic carbocycles. The fourth-order valence-corrected chi connectivity index (χ4v) is 2.34. The van der Waals surface area contributed by atoms with Crippen molar-refractivity contribution in [1.82, 2.24) is 0 Å². The van der Waals surface area contributed by atoms with E-state index in [0.29, 0.717) is 17.6 Å². The molecule has 0 aliphatic heterocycles. The van der Waals surface area contributed by atoms with Crippen LogP contribution in [0.5, 0.6) is 5.75 Å². The molecule has 0 bridgehead atoms. The molecular weight excluding hydrogens is 186 g/mol. The summed E-state index contributed by atoms with van der Waals surface area (Å²) in [6.45, 7) is 4.46. The maximum atomic E-state index is 9.21. The van der Waals surface area contributed by atoms with Crippen LogP contribution in [0.1, 0.15) is 32.3 Å². The minimum Gasteiger partial charge on any atom is -0.508 e. The predicted molar refractivity (Wildman–Crippen MR) is 61.5 cm³/mol. The summed E-state index contributed by atoms with van der Waals surface area (Å²) >= 11 is 0. The first-order valence-electron chi connectivity index (χ1n) is 5.61. The van der Waals surface area contributed by atoms with Gasteiger partial charge in [0.25, 0.3) is 0 Å². The summed E-state index contributed by atoms with van der Waals surface area (Å²) < 4.78 is 0. The van der Waals surface area contributed by atoms with E-state index in [1.807, 2.05) is 12.1 Å². The molecule has 0 spiro atoms. The van der Waals surface area contributed by atoms with Crippen LogP contribution in [0.3, 0.4) is 0 Å². The van der Waals surface area contributed by atoms with Crippen LogP contribution in [-0.4, -0.2) is 5.11 Å². The van der Waals surface area contributed by atoms with E-state index < -0.39 is 0 Å². The molecule has 15 heavy (non-hydrogen) atoms. The zero-order valence-electron chi connectivity index (χ0n) is 9.40. The molecule has 1 saturated carbocycles. The molecule has 3 N–H and O–H groups in total. The van der Waals surface area contributed by atoms with Gasteiger partial charge in [0, 0.05) is 5.54 Å². The highest BCUT2D eigenvalue weighted by Gasteiger charge is 2.51. The third-order valence-corrected chi connectivity index (χ3v) is 3.31. The van der Waals surface area contributed by atoms with Crippen molar-refractivity contribution in [2.24, 2.45) is 17.6 Å². The standard InChI is InChI=1S/C13H19NO/c1-9(2)7-11-8-13(11,14)10-3-5-12(15)6-4-10/h3-6,9,11,15H,7-8,14H2,1-2H3. The van der Waals surface area contributed by atoms with E-state index in [2.05, 4.69) is 13.8 Å². The van der Waals surface area contributed by atoms with Gasteiger partial charge < -0.3 is 10.8 Å². The van der Waals surface area contributed by atoms with Crippen molar-refractivity contribution in [2.75, 3.05) is 0 Å². The van der Waals surface area contributed by atoms with Crippen molar-refractivity contribution in [3.05, 3.63) is 29.8 Å². The van der Waals surface area contributed by atoms with Crippen LogP contribution >= 0.6 is 0 Å². The van der Waals surface area contributed by atoms with Gasteiger partial charge in [0.05, 0.1) is 0 Å². The van der Waals surface area contributed by atoms with E-state index in [9.17, 15) is 5.11 Å². The van der Waals surface area contributed by atoms with Crippen molar-refractivity contribution in [1.29, 1.82) is 0 Å². The molecule has 2 heteroatoms. The number of rotatable bonds is 3. The average Bonchev–Trinajstić information content (AvgIpc) is 2.78. The molecule has 2 nitrogen and oxygen atoms in total. The Balaban J connectivity index is 2.09. The van der Waals surface area contributed by atoms with Gasteiger partial charge in [0.15, 0.2) is 0 Å². The van der Waals surface area contributed by atoms with Crippen LogP contribution in [0.15, 0.2) is 24.3 Å². The first-order chi connectivity index (χ1) is 7.02. The van der Waals surface area contributed by atoms with Gasteiger partial charge in [-0.15, -0.1) is 0 Å². The Morgan fingerprint density at radius 3 is 2.53 bits per heavy atom. The lowest BCUT2D eigenvalue weighted by molar-refractivity contribution is 0.472. The summed E-state index contributed by atoms with van der Waals surface area (Å²) in [7, 11) is 0. The second-order valence-corrected chi connectivity index (χ2v) is 5.12. The molecule has 1 aliphatic rings. The number of benzene rings is 1. The Hall–Kier alpha value is -1.02. The second-order valence-electron chi connectivity index (χ2n) is 5.12. The number of nitrogens with two attached hydrogens (primary N) is 1. The largest absolute Gasteiger partial charge is 0.508 e. The molecule has 0 heterocycles. The highest BCUT2D eigenvalue weighted by atomic mass is 16.3. The molecule has 0 radical (unpaired) electrons. The topological polar surface area (TPSA) is 46.2 Å². The molecule has 0 aromatic heterocycles. The average molecular weight is 205 g/mol. The minimum absolute atomic E-state index is 0.127. The lowest BCUT2D eigenvalue weighted by Gasteiger charge is -2.13. The van der Waals surface area contributed by atoms with E-state index in [-0.39, 0.29) is 5.54 Å². The second kappa shape index (κ2) is 3.53. The fraction of sp³-hybridized carbons (Fsp3) is 0.538. The monoisotopic (exact) mass is 205 g/mol.